The van der Waals surface area contributed by atoms with Gasteiger partial charge in [0.1, 0.15) is 11.2 Å². The van der Waals surface area contributed by atoms with E-state index in [2.05, 4.69) is 241 Å². The van der Waals surface area contributed by atoms with Crippen LogP contribution in [-0.2, 0) is 0 Å². The van der Waals surface area contributed by atoms with Crippen molar-refractivity contribution in [2.75, 3.05) is 4.90 Å². The van der Waals surface area contributed by atoms with E-state index in [-0.39, 0.29) is 6.04 Å². The van der Waals surface area contributed by atoms with Gasteiger partial charge in [0.25, 0.3) is 0 Å². The molecule has 1 atom stereocenters. The zero-order chi connectivity index (χ0) is 41.7. The number of anilines is 3. The highest BCUT2D eigenvalue weighted by molar-refractivity contribution is 7.25. The molecule has 1 aliphatic rings. The van der Waals surface area contributed by atoms with Crippen molar-refractivity contribution < 1.29 is 4.42 Å². The molecule has 2 aromatic heterocycles. The molecule has 1 aliphatic heterocycles. The van der Waals surface area contributed by atoms with Crippen molar-refractivity contribution in [3.05, 3.63) is 247 Å². The van der Waals surface area contributed by atoms with Gasteiger partial charge in [-0.15, -0.1) is 11.3 Å². The maximum atomic E-state index is 6.84. The maximum Gasteiger partial charge on any atom is 0.136 e. The lowest BCUT2D eigenvalue weighted by molar-refractivity contribution is 0.669. The molecule has 9 aromatic carbocycles. The van der Waals surface area contributed by atoms with Crippen molar-refractivity contribution in [2.24, 2.45) is 0 Å². The van der Waals surface area contributed by atoms with Crippen LogP contribution in [0.25, 0.3) is 75.3 Å². The summed E-state index contributed by atoms with van der Waals surface area (Å²) in [6.07, 6.45) is 8.91. The lowest BCUT2D eigenvalue weighted by atomic mass is 9.92. The molecule has 11 aromatic rings. The largest absolute Gasteiger partial charge is 0.456 e. The summed E-state index contributed by atoms with van der Waals surface area (Å²) < 4.78 is 9.44. The van der Waals surface area contributed by atoms with Gasteiger partial charge in [-0.3, -0.25) is 0 Å². The molecule has 0 fully saturated rings. The van der Waals surface area contributed by atoms with Gasteiger partial charge in [-0.05, 0) is 105 Å². The van der Waals surface area contributed by atoms with Crippen molar-refractivity contribution in [3.8, 4) is 11.1 Å². The highest BCUT2D eigenvalue weighted by Crippen LogP contribution is 2.45. The smallest absolute Gasteiger partial charge is 0.136 e. The van der Waals surface area contributed by atoms with E-state index in [0.29, 0.717) is 0 Å². The third-order valence-corrected chi connectivity index (χ3v) is 13.5. The van der Waals surface area contributed by atoms with Crippen LogP contribution in [0.5, 0.6) is 0 Å². The van der Waals surface area contributed by atoms with Gasteiger partial charge in [-0.2, -0.15) is 0 Å². The fourth-order valence-electron chi connectivity index (χ4n) is 9.38. The van der Waals surface area contributed by atoms with Crippen LogP contribution in [0.15, 0.2) is 235 Å². The van der Waals surface area contributed by atoms with Crippen LogP contribution in [0.2, 0.25) is 0 Å². The van der Waals surface area contributed by atoms with Gasteiger partial charge in [0.2, 0.25) is 0 Å². The number of furan rings is 1. The van der Waals surface area contributed by atoms with Gasteiger partial charge in [-0.25, -0.2) is 0 Å². The Morgan fingerprint density at radius 1 is 0.460 bits per heavy atom. The minimum atomic E-state index is -0.0615. The monoisotopic (exact) mass is 824 g/mol. The van der Waals surface area contributed by atoms with E-state index in [1.807, 2.05) is 11.3 Å². The Morgan fingerprint density at radius 3 is 1.94 bits per heavy atom. The molecule has 63 heavy (non-hydrogen) atoms. The SMILES string of the molecule is C1=C/C(c2ccccc2)=C\C(c2ccccc2)NC(c2cccc3oc4cc(-c5ccc(N(c6ccccc6)c6ccc7sc8ccccc8c7c6)cc5)c5ccccc5c4c23)=C1. The molecular formula is C59H40N2OS. The highest BCUT2D eigenvalue weighted by atomic mass is 32.1. The average Bonchev–Trinajstić information content (AvgIpc) is 3.91. The Morgan fingerprint density at radius 2 is 1.13 bits per heavy atom. The second-order valence-electron chi connectivity index (χ2n) is 16.1. The van der Waals surface area contributed by atoms with Crippen LogP contribution in [0.4, 0.5) is 17.1 Å². The molecule has 12 rings (SSSR count). The standard InChI is InChI=1S/C59H40N2OS/c1-4-16-39(17-5-1)42-20-14-27-52(60-53(36-42)41-18-6-2-7-19-41)49-26-15-28-54-59(49)58-48-25-11-10-23-46(48)50(38-55(58)62-54)40-30-32-44(33-31-40)61(43-21-8-3-9-22-43)45-34-35-57-51(37-45)47-24-12-13-29-56(47)63-57/h1-38,53,60H/b20-14?,42-36+,52-27?. The van der Waals surface area contributed by atoms with Crippen LogP contribution in [0.1, 0.15) is 22.7 Å². The first kappa shape index (κ1) is 36.9. The van der Waals surface area contributed by atoms with E-state index >= 15 is 0 Å². The zero-order valence-corrected chi connectivity index (χ0v) is 35.1. The molecule has 0 aliphatic carbocycles. The number of para-hydroxylation sites is 1. The molecule has 298 valence electrons. The Kier molecular flexibility index (Phi) is 9.09. The summed E-state index contributed by atoms with van der Waals surface area (Å²) in [7, 11) is 0. The minimum Gasteiger partial charge on any atom is -0.456 e. The van der Waals surface area contributed by atoms with Crippen molar-refractivity contribution in [2.45, 2.75) is 6.04 Å². The normalized spacial score (nSPS) is 15.0. The molecule has 0 radical (unpaired) electrons. The topological polar surface area (TPSA) is 28.4 Å². The number of nitrogens with one attached hydrogen (secondary N) is 1. The third kappa shape index (κ3) is 6.60. The highest BCUT2D eigenvalue weighted by Gasteiger charge is 2.22. The second-order valence-corrected chi connectivity index (χ2v) is 17.2. The van der Waals surface area contributed by atoms with Crippen LogP contribution in [0.3, 0.4) is 0 Å². The van der Waals surface area contributed by atoms with Crippen LogP contribution < -0.4 is 10.2 Å². The van der Waals surface area contributed by atoms with Gasteiger partial charge in [0.05, 0.1) is 6.04 Å². The van der Waals surface area contributed by atoms with Crippen molar-refractivity contribution >= 4 is 92.6 Å². The lowest BCUT2D eigenvalue weighted by Gasteiger charge is -2.26. The molecular weight excluding hydrogens is 785 g/mol. The van der Waals surface area contributed by atoms with E-state index in [0.717, 1.165) is 66.8 Å². The molecule has 0 saturated heterocycles. The van der Waals surface area contributed by atoms with Gasteiger partial charge < -0.3 is 14.6 Å². The predicted octanol–water partition coefficient (Wildman–Crippen LogP) is 16.6. The Balaban J connectivity index is 0.965. The summed E-state index contributed by atoms with van der Waals surface area (Å²) in [5.41, 5.74) is 13.0. The summed E-state index contributed by atoms with van der Waals surface area (Å²) in [5, 5.41) is 11.1. The van der Waals surface area contributed by atoms with Gasteiger partial charge in [0.15, 0.2) is 0 Å². The summed E-state index contributed by atoms with van der Waals surface area (Å²) in [6.45, 7) is 0. The Bertz CT molecular complexity index is 3580. The van der Waals surface area contributed by atoms with Crippen LogP contribution in [-0.4, -0.2) is 0 Å². The fourth-order valence-corrected chi connectivity index (χ4v) is 10.5. The first-order valence-electron chi connectivity index (χ1n) is 21.4. The fraction of sp³-hybridized carbons (Fsp3) is 0.0169. The molecule has 1 N–H and O–H groups in total. The first-order chi connectivity index (χ1) is 31.2. The number of thiophene rings is 1. The number of fused-ring (bicyclic) bond motifs is 8. The van der Waals surface area contributed by atoms with Gasteiger partial charge in [-0.1, -0.05) is 164 Å². The van der Waals surface area contributed by atoms with Crippen molar-refractivity contribution in [1.29, 1.82) is 0 Å². The second kappa shape index (κ2) is 15.5. The predicted molar refractivity (Wildman–Crippen MR) is 268 cm³/mol. The Hall–Kier alpha value is -7.92. The van der Waals surface area contributed by atoms with Crippen molar-refractivity contribution in [1.82, 2.24) is 5.32 Å². The molecule has 3 nitrogen and oxygen atoms in total. The summed E-state index contributed by atoms with van der Waals surface area (Å²) in [5.74, 6) is 0. The average molecular weight is 825 g/mol. The van der Waals surface area contributed by atoms with Crippen LogP contribution >= 0.6 is 11.3 Å². The summed E-state index contributed by atoms with van der Waals surface area (Å²) >= 11 is 1.85. The number of hydrogen-bond acceptors (Lipinski definition) is 4. The van der Waals surface area contributed by atoms with E-state index < -0.39 is 0 Å². The van der Waals surface area contributed by atoms with Crippen LogP contribution in [0, 0.1) is 0 Å². The maximum absolute atomic E-state index is 6.84. The molecule has 0 spiro atoms. The van der Waals surface area contributed by atoms with Gasteiger partial charge in [0, 0.05) is 59.3 Å². The van der Waals surface area contributed by atoms with Crippen molar-refractivity contribution in [3.63, 3.8) is 0 Å². The number of benzene rings is 9. The first-order valence-corrected chi connectivity index (χ1v) is 22.3. The molecule has 1 unspecified atom stereocenters. The molecule has 0 bridgehead atoms. The molecule has 0 saturated carbocycles. The number of allylic oxidation sites excluding steroid dienone is 4. The van der Waals surface area contributed by atoms with E-state index in [9.17, 15) is 0 Å². The molecule has 4 heteroatoms. The minimum absolute atomic E-state index is 0.0615. The summed E-state index contributed by atoms with van der Waals surface area (Å²) in [4.78, 5) is 2.35. The number of nitrogens with zero attached hydrogens (tertiary/aromatic N) is 1. The molecule has 0 amide bonds. The van der Waals surface area contributed by atoms with E-state index in [4.69, 9.17) is 4.42 Å². The third-order valence-electron chi connectivity index (χ3n) is 12.3. The van der Waals surface area contributed by atoms with Gasteiger partial charge >= 0.3 is 0 Å². The Labute approximate surface area is 369 Å². The number of hydrogen-bond donors (Lipinski definition) is 1. The quantitative estimate of drug-likeness (QED) is 0.174. The molecule has 3 heterocycles. The van der Waals surface area contributed by atoms with E-state index in [1.165, 1.54) is 42.3 Å². The van der Waals surface area contributed by atoms with E-state index in [1.54, 1.807) is 0 Å². The summed E-state index contributed by atoms with van der Waals surface area (Å²) in [6, 6.07) is 73.8. The lowest BCUT2D eigenvalue weighted by Crippen LogP contribution is -2.19. The number of rotatable bonds is 7. The zero-order valence-electron chi connectivity index (χ0n) is 34.3.